The molecule has 1 fully saturated rings. The molecule has 2 rings (SSSR count). The van der Waals surface area contributed by atoms with Crippen molar-refractivity contribution in [3.63, 3.8) is 0 Å². The van der Waals surface area contributed by atoms with E-state index in [1.165, 1.54) is 32.1 Å². The van der Waals surface area contributed by atoms with Gasteiger partial charge >= 0.3 is 0 Å². The summed E-state index contributed by atoms with van der Waals surface area (Å²) in [6.45, 7) is 5.50. The van der Waals surface area contributed by atoms with Crippen molar-refractivity contribution in [2.45, 2.75) is 71.4 Å². The molecule has 1 saturated carbocycles. The van der Waals surface area contributed by atoms with Gasteiger partial charge in [0.25, 0.3) is 0 Å². The Morgan fingerprint density at radius 1 is 1.37 bits per heavy atom. The van der Waals surface area contributed by atoms with Crippen LogP contribution in [0.15, 0.2) is 6.33 Å². The van der Waals surface area contributed by atoms with E-state index in [-0.39, 0.29) is 0 Å². The second-order valence-electron chi connectivity index (χ2n) is 5.87. The number of aromatic nitrogens is 3. The SMILES string of the molecule is CCCn1ncnc1CC(NC)C1(CC)CCCC1. The Bertz CT molecular complexity index is 379. The Hall–Kier alpha value is -0.900. The van der Waals surface area contributed by atoms with Gasteiger partial charge in [-0.1, -0.05) is 26.7 Å². The highest BCUT2D eigenvalue weighted by molar-refractivity contribution is 4.99. The van der Waals surface area contributed by atoms with Crippen LogP contribution < -0.4 is 5.32 Å². The van der Waals surface area contributed by atoms with Crippen LogP contribution >= 0.6 is 0 Å². The van der Waals surface area contributed by atoms with Gasteiger partial charge in [0.2, 0.25) is 0 Å². The summed E-state index contributed by atoms with van der Waals surface area (Å²) in [6, 6.07) is 0.528. The molecule has 0 spiro atoms. The Kier molecular flexibility index (Phi) is 4.97. The highest BCUT2D eigenvalue weighted by atomic mass is 15.3. The number of likely N-dealkylation sites (N-methyl/N-ethyl adjacent to an activating group) is 1. The zero-order chi connectivity index (χ0) is 13.7. The average Bonchev–Trinajstić information content (AvgIpc) is 3.06. The fourth-order valence-corrected chi connectivity index (χ4v) is 3.68. The van der Waals surface area contributed by atoms with Crippen LogP contribution in [0.3, 0.4) is 0 Å². The lowest BCUT2D eigenvalue weighted by atomic mass is 9.75. The second kappa shape index (κ2) is 6.51. The van der Waals surface area contributed by atoms with E-state index < -0.39 is 0 Å². The lowest BCUT2D eigenvalue weighted by Gasteiger charge is -2.36. The van der Waals surface area contributed by atoms with Crippen LogP contribution in [-0.4, -0.2) is 27.9 Å². The van der Waals surface area contributed by atoms with Crippen molar-refractivity contribution in [2.75, 3.05) is 7.05 Å². The Morgan fingerprint density at radius 3 is 2.68 bits per heavy atom. The van der Waals surface area contributed by atoms with Crippen molar-refractivity contribution in [3.05, 3.63) is 12.2 Å². The number of hydrogen-bond acceptors (Lipinski definition) is 3. The Morgan fingerprint density at radius 2 is 2.11 bits per heavy atom. The number of hydrogen-bond donors (Lipinski definition) is 1. The van der Waals surface area contributed by atoms with Crippen molar-refractivity contribution < 1.29 is 0 Å². The largest absolute Gasteiger partial charge is 0.316 e. The van der Waals surface area contributed by atoms with Gasteiger partial charge in [-0.25, -0.2) is 4.98 Å². The van der Waals surface area contributed by atoms with Gasteiger partial charge < -0.3 is 5.32 Å². The highest BCUT2D eigenvalue weighted by Gasteiger charge is 2.39. The molecule has 1 heterocycles. The Labute approximate surface area is 117 Å². The van der Waals surface area contributed by atoms with Crippen molar-refractivity contribution in [1.29, 1.82) is 0 Å². The Balaban J connectivity index is 2.11. The first-order valence-corrected chi connectivity index (χ1v) is 7.79. The van der Waals surface area contributed by atoms with Crippen LogP contribution in [0.25, 0.3) is 0 Å². The monoisotopic (exact) mass is 264 g/mol. The van der Waals surface area contributed by atoms with Gasteiger partial charge in [-0.3, -0.25) is 4.68 Å². The normalized spacial score (nSPS) is 19.7. The molecule has 19 heavy (non-hydrogen) atoms. The van der Waals surface area contributed by atoms with Crippen LogP contribution in [0.4, 0.5) is 0 Å². The van der Waals surface area contributed by atoms with Crippen molar-refractivity contribution in [2.24, 2.45) is 5.41 Å². The van der Waals surface area contributed by atoms with E-state index in [4.69, 9.17) is 0 Å². The molecule has 0 radical (unpaired) electrons. The molecule has 1 aromatic heterocycles. The molecule has 1 aliphatic carbocycles. The van der Waals surface area contributed by atoms with E-state index >= 15 is 0 Å². The summed E-state index contributed by atoms with van der Waals surface area (Å²) in [5.74, 6) is 1.14. The summed E-state index contributed by atoms with van der Waals surface area (Å²) in [6.07, 6.45) is 10.6. The molecule has 1 aromatic rings. The van der Waals surface area contributed by atoms with E-state index in [0.29, 0.717) is 11.5 Å². The molecule has 0 bridgehead atoms. The number of nitrogens with zero attached hydrogens (tertiary/aromatic N) is 3. The predicted molar refractivity (Wildman–Crippen MR) is 78.1 cm³/mol. The van der Waals surface area contributed by atoms with E-state index in [1.54, 1.807) is 6.33 Å². The first-order chi connectivity index (χ1) is 9.25. The van der Waals surface area contributed by atoms with Gasteiger partial charge in [0.05, 0.1) is 0 Å². The molecule has 0 aromatic carbocycles. The van der Waals surface area contributed by atoms with Crippen LogP contribution in [0.5, 0.6) is 0 Å². The lowest BCUT2D eigenvalue weighted by molar-refractivity contribution is 0.189. The van der Waals surface area contributed by atoms with Gasteiger partial charge in [0, 0.05) is 19.0 Å². The molecule has 0 aliphatic heterocycles. The lowest BCUT2D eigenvalue weighted by Crippen LogP contribution is -2.44. The molecule has 0 amide bonds. The minimum atomic E-state index is 0.470. The topological polar surface area (TPSA) is 42.7 Å². The number of aryl methyl sites for hydroxylation is 1. The quantitative estimate of drug-likeness (QED) is 0.823. The maximum atomic E-state index is 4.47. The van der Waals surface area contributed by atoms with E-state index in [1.807, 2.05) is 0 Å². The van der Waals surface area contributed by atoms with Gasteiger partial charge in [0.15, 0.2) is 0 Å². The second-order valence-corrected chi connectivity index (χ2v) is 5.87. The minimum Gasteiger partial charge on any atom is -0.316 e. The first kappa shape index (κ1) is 14.5. The summed E-state index contributed by atoms with van der Waals surface area (Å²) in [4.78, 5) is 4.47. The number of rotatable bonds is 7. The van der Waals surface area contributed by atoms with Crippen LogP contribution in [0.1, 0.15) is 58.2 Å². The first-order valence-electron chi connectivity index (χ1n) is 7.79. The molecule has 108 valence electrons. The maximum Gasteiger partial charge on any atom is 0.138 e. The molecule has 4 nitrogen and oxygen atoms in total. The maximum absolute atomic E-state index is 4.47. The van der Waals surface area contributed by atoms with E-state index in [9.17, 15) is 0 Å². The van der Waals surface area contributed by atoms with Crippen LogP contribution in [0, 0.1) is 5.41 Å². The summed E-state index contributed by atoms with van der Waals surface area (Å²) in [5, 5.41) is 7.91. The van der Waals surface area contributed by atoms with Gasteiger partial charge in [-0.15, -0.1) is 0 Å². The van der Waals surface area contributed by atoms with Gasteiger partial charge in [0.1, 0.15) is 12.2 Å². The molecule has 0 saturated heterocycles. The fraction of sp³-hybridized carbons (Fsp3) is 0.867. The molecule has 1 atom stereocenters. The third-order valence-electron chi connectivity index (χ3n) is 4.91. The predicted octanol–water partition coefficient (Wildman–Crippen LogP) is 2.79. The zero-order valence-corrected chi connectivity index (χ0v) is 12.7. The third-order valence-corrected chi connectivity index (χ3v) is 4.91. The summed E-state index contributed by atoms with van der Waals surface area (Å²) in [7, 11) is 2.10. The summed E-state index contributed by atoms with van der Waals surface area (Å²) < 4.78 is 2.07. The average molecular weight is 264 g/mol. The smallest absolute Gasteiger partial charge is 0.138 e. The standard InChI is InChI=1S/C15H28N4/c1-4-10-19-14(17-12-18-19)11-13(16-3)15(5-2)8-6-7-9-15/h12-13,16H,4-11H2,1-3H3. The van der Waals surface area contributed by atoms with E-state index in [0.717, 1.165) is 25.2 Å². The molecule has 4 heteroatoms. The highest BCUT2D eigenvalue weighted by Crippen LogP contribution is 2.44. The molecule has 1 unspecified atom stereocenters. The third kappa shape index (κ3) is 2.99. The van der Waals surface area contributed by atoms with Gasteiger partial charge in [-0.2, -0.15) is 5.10 Å². The number of nitrogens with one attached hydrogen (secondary N) is 1. The minimum absolute atomic E-state index is 0.470. The van der Waals surface area contributed by atoms with Crippen LogP contribution in [-0.2, 0) is 13.0 Å². The van der Waals surface area contributed by atoms with Crippen molar-refractivity contribution in [3.8, 4) is 0 Å². The van der Waals surface area contributed by atoms with E-state index in [2.05, 4.69) is 41.0 Å². The summed E-state index contributed by atoms with van der Waals surface area (Å²) >= 11 is 0. The van der Waals surface area contributed by atoms with Crippen LogP contribution in [0.2, 0.25) is 0 Å². The summed E-state index contributed by atoms with van der Waals surface area (Å²) in [5.41, 5.74) is 0.470. The fourth-order valence-electron chi connectivity index (χ4n) is 3.68. The molecular formula is C15H28N4. The van der Waals surface area contributed by atoms with Crippen molar-refractivity contribution >= 4 is 0 Å². The van der Waals surface area contributed by atoms with Crippen molar-refractivity contribution in [1.82, 2.24) is 20.1 Å². The molecule has 1 aliphatic rings. The molecule has 1 N–H and O–H groups in total. The molecular weight excluding hydrogens is 236 g/mol. The zero-order valence-electron chi connectivity index (χ0n) is 12.7. The van der Waals surface area contributed by atoms with Gasteiger partial charge in [-0.05, 0) is 38.1 Å².